The number of carbonyl (C=O) groups is 1. The number of methoxy groups -OCH3 is 1. The molecule has 0 fully saturated rings. The van der Waals surface area contributed by atoms with E-state index in [0.29, 0.717) is 17.9 Å². The quantitative estimate of drug-likeness (QED) is 0.693. The first-order chi connectivity index (χ1) is 12.7. The van der Waals surface area contributed by atoms with Gasteiger partial charge in [0.15, 0.2) is 17.4 Å². The van der Waals surface area contributed by atoms with Crippen molar-refractivity contribution in [2.24, 2.45) is 0 Å². The van der Waals surface area contributed by atoms with Gasteiger partial charge in [-0.3, -0.25) is 4.79 Å². The molecule has 1 N–H and O–H groups in total. The van der Waals surface area contributed by atoms with Gasteiger partial charge in [-0.15, -0.1) is 0 Å². The van der Waals surface area contributed by atoms with Gasteiger partial charge in [-0.2, -0.15) is 5.10 Å². The van der Waals surface area contributed by atoms with Crippen molar-refractivity contribution in [3.63, 3.8) is 0 Å². The molecule has 0 aliphatic rings. The van der Waals surface area contributed by atoms with Crippen LogP contribution in [0.15, 0.2) is 61.1 Å². The molecule has 0 saturated carbocycles. The molecule has 1 aromatic carbocycles. The summed E-state index contributed by atoms with van der Waals surface area (Å²) in [4.78, 5) is 16.3. The van der Waals surface area contributed by atoms with E-state index in [9.17, 15) is 9.18 Å². The van der Waals surface area contributed by atoms with Crippen molar-refractivity contribution in [2.45, 2.75) is 6.54 Å². The zero-order valence-electron chi connectivity index (χ0n) is 14.1. The molecule has 3 rings (SSSR count). The van der Waals surface area contributed by atoms with Crippen molar-refractivity contribution >= 4 is 12.0 Å². The number of hydrogen-bond acceptors (Lipinski definition) is 4. The van der Waals surface area contributed by atoms with Gasteiger partial charge in [0.2, 0.25) is 5.91 Å². The highest BCUT2D eigenvalue weighted by Crippen LogP contribution is 2.18. The van der Waals surface area contributed by atoms with E-state index in [1.807, 2.05) is 6.07 Å². The Hall–Kier alpha value is -3.48. The van der Waals surface area contributed by atoms with Crippen LogP contribution in [0.1, 0.15) is 11.1 Å². The SMILES string of the molecule is COc1ccc(/C=C/C(=O)NCc2cccnc2-n2cccn2)cc1F. The van der Waals surface area contributed by atoms with E-state index in [4.69, 9.17) is 4.74 Å². The van der Waals surface area contributed by atoms with Crippen molar-refractivity contribution in [3.05, 3.63) is 78.0 Å². The van der Waals surface area contributed by atoms with Crippen LogP contribution in [0.4, 0.5) is 4.39 Å². The van der Waals surface area contributed by atoms with Gasteiger partial charge in [-0.1, -0.05) is 12.1 Å². The zero-order valence-corrected chi connectivity index (χ0v) is 14.1. The number of carbonyl (C=O) groups excluding carboxylic acids is 1. The van der Waals surface area contributed by atoms with Crippen LogP contribution >= 0.6 is 0 Å². The second-order valence-electron chi connectivity index (χ2n) is 5.38. The molecule has 7 heteroatoms. The fourth-order valence-corrected chi connectivity index (χ4v) is 2.37. The molecule has 3 aromatic rings. The monoisotopic (exact) mass is 352 g/mol. The maximum Gasteiger partial charge on any atom is 0.244 e. The number of nitrogens with zero attached hydrogens (tertiary/aromatic N) is 3. The van der Waals surface area contributed by atoms with Crippen LogP contribution in [0.5, 0.6) is 5.75 Å². The molecule has 6 nitrogen and oxygen atoms in total. The Labute approximate surface area is 149 Å². The van der Waals surface area contributed by atoms with E-state index in [-0.39, 0.29) is 11.7 Å². The summed E-state index contributed by atoms with van der Waals surface area (Å²) in [6, 6.07) is 9.95. The summed E-state index contributed by atoms with van der Waals surface area (Å²) in [6.45, 7) is 0.295. The molecule has 0 spiro atoms. The Bertz CT molecular complexity index is 923. The van der Waals surface area contributed by atoms with Gasteiger partial charge in [0, 0.05) is 36.8 Å². The van der Waals surface area contributed by atoms with Crippen molar-refractivity contribution in [2.75, 3.05) is 7.11 Å². The summed E-state index contributed by atoms with van der Waals surface area (Å²) < 4.78 is 20.1. The van der Waals surface area contributed by atoms with Gasteiger partial charge in [0.05, 0.1) is 7.11 Å². The highest BCUT2D eigenvalue weighted by atomic mass is 19.1. The van der Waals surface area contributed by atoms with Gasteiger partial charge in [-0.05, 0) is 35.9 Å². The lowest BCUT2D eigenvalue weighted by molar-refractivity contribution is -0.116. The molecule has 0 bridgehead atoms. The lowest BCUT2D eigenvalue weighted by atomic mass is 10.2. The number of ether oxygens (including phenoxy) is 1. The normalized spacial score (nSPS) is 10.8. The van der Waals surface area contributed by atoms with Crippen molar-refractivity contribution in [3.8, 4) is 11.6 Å². The number of nitrogens with one attached hydrogen (secondary N) is 1. The molecular weight excluding hydrogens is 335 g/mol. The number of rotatable bonds is 6. The maximum absolute atomic E-state index is 13.6. The summed E-state index contributed by atoms with van der Waals surface area (Å²) >= 11 is 0. The molecule has 0 aliphatic carbocycles. The van der Waals surface area contributed by atoms with Crippen LogP contribution in [0.25, 0.3) is 11.9 Å². The molecule has 132 valence electrons. The first kappa shape index (κ1) is 17.3. The molecule has 0 atom stereocenters. The summed E-state index contributed by atoms with van der Waals surface area (Å²) in [5.74, 6) is 0.0408. The largest absolute Gasteiger partial charge is 0.494 e. The van der Waals surface area contributed by atoms with E-state index >= 15 is 0 Å². The number of aromatic nitrogens is 3. The summed E-state index contributed by atoms with van der Waals surface area (Å²) in [5.41, 5.74) is 1.39. The Kier molecular flexibility index (Phi) is 5.38. The highest BCUT2D eigenvalue weighted by molar-refractivity contribution is 5.91. The first-order valence-corrected chi connectivity index (χ1v) is 7.91. The van der Waals surface area contributed by atoms with Crippen LogP contribution in [0.3, 0.4) is 0 Å². The molecule has 2 aromatic heterocycles. The van der Waals surface area contributed by atoms with Crippen molar-refractivity contribution < 1.29 is 13.9 Å². The third-order valence-corrected chi connectivity index (χ3v) is 3.64. The molecule has 2 heterocycles. The minimum absolute atomic E-state index is 0.161. The van der Waals surface area contributed by atoms with Gasteiger partial charge in [0.1, 0.15) is 0 Å². The number of amides is 1. The van der Waals surface area contributed by atoms with E-state index in [0.717, 1.165) is 5.56 Å². The van der Waals surface area contributed by atoms with Crippen LogP contribution < -0.4 is 10.1 Å². The van der Waals surface area contributed by atoms with Crippen molar-refractivity contribution in [1.29, 1.82) is 0 Å². The Morgan fingerprint density at radius 1 is 1.31 bits per heavy atom. The number of halogens is 1. The molecule has 0 aliphatic heterocycles. The minimum atomic E-state index is -0.478. The minimum Gasteiger partial charge on any atom is -0.494 e. The second-order valence-corrected chi connectivity index (χ2v) is 5.38. The summed E-state index contributed by atoms with van der Waals surface area (Å²) in [5, 5.41) is 6.94. The maximum atomic E-state index is 13.6. The third-order valence-electron chi connectivity index (χ3n) is 3.64. The highest BCUT2D eigenvalue weighted by Gasteiger charge is 2.07. The molecule has 26 heavy (non-hydrogen) atoms. The van der Waals surface area contributed by atoms with Gasteiger partial charge >= 0.3 is 0 Å². The predicted molar refractivity (Wildman–Crippen MR) is 95.2 cm³/mol. The predicted octanol–water partition coefficient (Wildman–Crippen LogP) is 2.74. The molecule has 0 unspecified atom stereocenters. The van der Waals surface area contributed by atoms with Crippen LogP contribution in [0.2, 0.25) is 0 Å². The fourth-order valence-electron chi connectivity index (χ4n) is 2.37. The van der Waals surface area contributed by atoms with Gasteiger partial charge in [-0.25, -0.2) is 14.1 Å². The molecule has 1 amide bonds. The topological polar surface area (TPSA) is 69.0 Å². The summed E-state index contributed by atoms with van der Waals surface area (Å²) in [6.07, 6.45) is 8.00. The summed E-state index contributed by atoms with van der Waals surface area (Å²) in [7, 11) is 1.40. The number of pyridine rings is 1. The van der Waals surface area contributed by atoms with Crippen LogP contribution in [0, 0.1) is 5.82 Å². The fraction of sp³-hybridized carbons (Fsp3) is 0.105. The lowest BCUT2D eigenvalue weighted by Crippen LogP contribution is -2.21. The second kappa shape index (κ2) is 8.06. The zero-order chi connectivity index (χ0) is 18.4. The van der Waals surface area contributed by atoms with E-state index in [2.05, 4.69) is 15.4 Å². The number of benzene rings is 1. The standard InChI is InChI=1S/C19H17FN4O2/c1-26-17-7-5-14(12-16(17)20)6-8-18(25)22-13-15-4-2-9-21-19(15)24-11-3-10-23-24/h2-12H,13H2,1H3,(H,22,25)/b8-6+. The molecular formula is C19H17FN4O2. The molecule has 0 radical (unpaired) electrons. The van der Waals surface area contributed by atoms with Gasteiger partial charge in [0.25, 0.3) is 0 Å². The van der Waals surface area contributed by atoms with E-state index < -0.39 is 5.82 Å². The lowest BCUT2D eigenvalue weighted by Gasteiger charge is -2.08. The van der Waals surface area contributed by atoms with E-state index in [1.54, 1.807) is 41.5 Å². The van der Waals surface area contributed by atoms with Crippen molar-refractivity contribution in [1.82, 2.24) is 20.1 Å². The third kappa shape index (κ3) is 4.13. The van der Waals surface area contributed by atoms with Crippen LogP contribution in [-0.4, -0.2) is 27.8 Å². The molecule has 0 saturated heterocycles. The van der Waals surface area contributed by atoms with E-state index in [1.165, 1.54) is 31.4 Å². The Balaban J connectivity index is 1.64. The number of hydrogen-bond donors (Lipinski definition) is 1. The smallest absolute Gasteiger partial charge is 0.244 e. The first-order valence-electron chi connectivity index (χ1n) is 7.91. The van der Waals surface area contributed by atoms with Crippen LogP contribution in [-0.2, 0) is 11.3 Å². The Morgan fingerprint density at radius 2 is 2.19 bits per heavy atom. The Morgan fingerprint density at radius 3 is 2.92 bits per heavy atom. The average molecular weight is 352 g/mol. The average Bonchev–Trinajstić information content (AvgIpc) is 3.19. The van der Waals surface area contributed by atoms with Gasteiger partial charge < -0.3 is 10.1 Å².